The molecule has 0 saturated heterocycles. The number of carbonyl (C=O) groups is 3. The van der Waals surface area contributed by atoms with Gasteiger partial charge in [0.05, 0.1) is 0 Å². The summed E-state index contributed by atoms with van der Waals surface area (Å²) in [6.07, 6.45) is -0.472. The van der Waals surface area contributed by atoms with Crippen LogP contribution >= 0.6 is 0 Å². The lowest BCUT2D eigenvalue weighted by molar-refractivity contribution is -0.142. The van der Waals surface area contributed by atoms with Crippen molar-refractivity contribution in [1.29, 1.82) is 0 Å². The topological polar surface area (TPSA) is 105 Å². The second kappa shape index (κ2) is 9.54. The summed E-state index contributed by atoms with van der Waals surface area (Å²) in [4.78, 5) is 35.1. The third kappa shape index (κ3) is 6.28. The van der Waals surface area contributed by atoms with E-state index in [0.717, 1.165) is 5.56 Å². The van der Waals surface area contributed by atoms with E-state index in [4.69, 9.17) is 9.84 Å². The molecule has 1 aromatic rings. The van der Waals surface area contributed by atoms with Crippen molar-refractivity contribution < 1.29 is 24.2 Å². The molecule has 0 radical (unpaired) electrons. The monoisotopic (exact) mass is 336 g/mol. The molecular weight excluding hydrogens is 312 g/mol. The average Bonchev–Trinajstić information content (AvgIpc) is 2.55. The van der Waals surface area contributed by atoms with Gasteiger partial charge in [0.2, 0.25) is 5.91 Å². The second-order valence-corrected chi connectivity index (χ2v) is 5.74. The molecule has 2 atom stereocenters. The van der Waals surface area contributed by atoms with Gasteiger partial charge in [-0.25, -0.2) is 9.59 Å². The summed E-state index contributed by atoms with van der Waals surface area (Å²) in [5, 5.41) is 13.9. The summed E-state index contributed by atoms with van der Waals surface area (Å²) in [5.41, 5.74) is 0.829. The van der Waals surface area contributed by atoms with Crippen molar-refractivity contribution in [3.63, 3.8) is 0 Å². The number of carboxylic acids is 1. The van der Waals surface area contributed by atoms with Crippen LogP contribution in [-0.2, 0) is 20.9 Å². The third-order valence-electron chi connectivity index (χ3n) is 3.46. The lowest BCUT2D eigenvalue weighted by Crippen LogP contribution is -2.53. The summed E-state index contributed by atoms with van der Waals surface area (Å²) < 4.78 is 5.09. The van der Waals surface area contributed by atoms with E-state index in [0.29, 0.717) is 0 Å². The minimum absolute atomic E-state index is 0.0891. The third-order valence-corrected chi connectivity index (χ3v) is 3.46. The first-order chi connectivity index (χ1) is 11.3. The molecule has 0 aliphatic heterocycles. The number of amides is 2. The van der Waals surface area contributed by atoms with Crippen LogP contribution in [0.15, 0.2) is 30.3 Å². The predicted octanol–water partition coefficient (Wildman–Crippen LogP) is 1.92. The number of alkyl carbamates (subject to hydrolysis) is 1. The van der Waals surface area contributed by atoms with Crippen molar-refractivity contribution in [2.45, 2.75) is 45.9 Å². The van der Waals surface area contributed by atoms with Crippen LogP contribution in [0, 0.1) is 5.92 Å². The zero-order valence-corrected chi connectivity index (χ0v) is 14.1. The minimum Gasteiger partial charge on any atom is -0.480 e. The quantitative estimate of drug-likeness (QED) is 0.673. The fourth-order valence-electron chi connectivity index (χ4n) is 2.03. The molecule has 0 aliphatic carbocycles. The van der Waals surface area contributed by atoms with E-state index < -0.39 is 30.1 Å². The highest BCUT2D eigenvalue weighted by Gasteiger charge is 2.28. The zero-order valence-electron chi connectivity index (χ0n) is 14.1. The highest BCUT2D eigenvalue weighted by molar-refractivity contribution is 5.89. The number of rotatable bonds is 8. The number of carboxylic acid groups (broad SMARTS) is 1. The Bertz CT molecular complexity index is 559. The fourth-order valence-corrected chi connectivity index (χ4v) is 2.03. The molecule has 2 amide bonds. The van der Waals surface area contributed by atoms with Gasteiger partial charge in [0.15, 0.2) is 0 Å². The van der Waals surface area contributed by atoms with Gasteiger partial charge >= 0.3 is 12.1 Å². The molecule has 3 N–H and O–H groups in total. The predicted molar refractivity (Wildman–Crippen MR) is 88.2 cm³/mol. The second-order valence-electron chi connectivity index (χ2n) is 5.74. The SMILES string of the molecule is CC[C@@H](NC(=O)[C@@H](NC(=O)OCc1ccccc1)C(C)C)C(=O)O. The first kappa shape index (κ1) is 19.5. The molecule has 1 aromatic carbocycles. The van der Waals surface area contributed by atoms with Gasteiger partial charge in [0.25, 0.3) is 0 Å². The lowest BCUT2D eigenvalue weighted by Gasteiger charge is -2.23. The van der Waals surface area contributed by atoms with Crippen molar-refractivity contribution in [2.75, 3.05) is 0 Å². The fraction of sp³-hybridized carbons (Fsp3) is 0.471. The van der Waals surface area contributed by atoms with Crippen molar-refractivity contribution in [3.05, 3.63) is 35.9 Å². The molecular formula is C17H24N2O5. The van der Waals surface area contributed by atoms with Gasteiger partial charge in [-0.05, 0) is 17.9 Å². The maximum Gasteiger partial charge on any atom is 0.408 e. The Labute approximate surface area is 141 Å². The number of carbonyl (C=O) groups excluding carboxylic acids is 2. The van der Waals surface area contributed by atoms with Gasteiger partial charge in [0.1, 0.15) is 18.7 Å². The molecule has 0 heterocycles. The Morgan fingerprint density at radius 1 is 1.12 bits per heavy atom. The molecule has 0 saturated carbocycles. The molecule has 7 nitrogen and oxygen atoms in total. The van der Waals surface area contributed by atoms with Gasteiger partial charge in [-0.1, -0.05) is 51.1 Å². The number of ether oxygens (including phenoxy) is 1. The smallest absolute Gasteiger partial charge is 0.408 e. The van der Waals surface area contributed by atoms with E-state index in [1.54, 1.807) is 20.8 Å². The van der Waals surface area contributed by atoms with Crippen LogP contribution in [-0.4, -0.2) is 35.2 Å². The van der Waals surface area contributed by atoms with E-state index in [9.17, 15) is 14.4 Å². The van der Waals surface area contributed by atoms with Crippen LogP contribution in [0.2, 0.25) is 0 Å². The van der Waals surface area contributed by atoms with Gasteiger partial charge in [-0.15, -0.1) is 0 Å². The van der Waals surface area contributed by atoms with Crippen LogP contribution in [0.25, 0.3) is 0 Å². The van der Waals surface area contributed by atoms with E-state index >= 15 is 0 Å². The number of hydrogen-bond donors (Lipinski definition) is 3. The maximum atomic E-state index is 12.2. The molecule has 7 heteroatoms. The molecule has 0 unspecified atom stereocenters. The van der Waals surface area contributed by atoms with Crippen LogP contribution in [0.5, 0.6) is 0 Å². The van der Waals surface area contributed by atoms with Crippen LogP contribution in [0.4, 0.5) is 4.79 Å². The summed E-state index contributed by atoms with van der Waals surface area (Å²) in [6.45, 7) is 5.25. The van der Waals surface area contributed by atoms with Gasteiger partial charge in [0, 0.05) is 0 Å². The Balaban J connectivity index is 2.59. The summed E-state index contributed by atoms with van der Waals surface area (Å²) in [6, 6.07) is 7.30. The van der Waals surface area contributed by atoms with Crippen molar-refractivity contribution >= 4 is 18.0 Å². The normalized spacial score (nSPS) is 13.0. The van der Waals surface area contributed by atoms with E-state index in [2.05, 4.69) is 10.6 Å². The van der Waals surface area contributed by atoms with Gasteiger partial charge < -0.3 is 20.5 Å². The van der Waals surface area contributed by atoms with E-state index in [1.165, 1.54) is 0 Å². The van der Waals surface area contributed by atoms with E-state index in [-0.39, 0.29) is 18.9 Å². The molecule has 0 bridgehead atoms. The maximum absolute atomic E-state index is 12.2. The van der Waals surface area contributed by atoms with Gasteiger partial charge in [-0.2, -0.15) is 0 Å². The minimum atomic E-state index is -1.11. The molecule has 0 aliphatic rings. The first-order valence-electron chi connectivity index (χ1n) is 7.85. The van der Waals surface area contributed by atoms with E-state index in [1.807, 2.05) is 30.3 Å². The van der Waals surface area contributed by atoms with Gasteiger partial charge in [-0.3, -0.25) is 4.79 Å². The van der Waals surface area contributed by atoms with Crippen LogP contribution < -0.4 is 10.6 Å². The van der Waals surface area contributed by atoms with Crippen molar-refractivity contribution in [1.82, 2.24) is 10.6 Å². The molecule has 0 aromatic heterocycles. The lowest BCUT2D eigenvalue weighted by atomic mass is 10.0. The molecule has 1 rings (SSSR count). The number of nitrogens with one attached hydrogen (secondary N) is 2. The van der Waals surface area contributed by atoms with Crippen LogP contribution in [0.3, 0.4) is 0 Å². The largest absolute Gasteiger partial charge is 0.480 e. The highest BCUT2D eigenvalue weighted by Crippen LogP contribution is 2.05. The summed E-state index contributed by atoms with van der Waals surface area (Å²) in [5.74, 6) is -1.88. The Morgan fingerprint density at radius 3 is 2.25 bits per heavy atom. The standard InChI is InChI=1S/C17H24N2O5/c1-4-13(16(21)22)18-15(20)14(11(2)3)19-17(23)24-10-12-8-6-5-7-9-12/h5-9,11,13-14H,4,10H2,1-3H3,(H,18,20)(H,19,23)(H,21,22)/t13-,14+/m1/s1. The number of hydrogen-bond acceptors (Lipinski definition) is 4. The number of aliphatic carboxylic acids is 1. The molecule has 24 heavy (non-hydrogen) atoms. The molecule has 132 valence electrons. The van der Waals surface area contributed by atoms with Crippen LogP contribution in [0.1, 0.15) is 32.8 Å². The average molecular weight is 336 g/mol. The van der Waals surface area contributed by atoms with Crippen molar-refractivity contribution in [2.24, 2.45) is 5.92 Å². The number of benzene rings is 1. The van der Waals surface area contributed by atoms with Crippen molar-refractivity contribution in [3.8, 4) is 0 Å². The summed E-state index contributed by atoms with van der Waals surface area (Å²) >= 11 is 0. The molecule has 0 spiro atoms. The Morgan fingerprint density at radius 2 is 1.75 bits per heavy atom. The zero-order chi connectivity index (χ0) is 18.1. The Hall–Kier alpha value is -2.57. The first-order valence-corrected chi connectivity index (χ1v) is 7.85. The highest BCUT2D eigenvalue weighted by atomic mass is 16.5. The Kier molecular flexibility index (Phi) is 7.74. The molecule has 0 fully saturated rings. The summed E-state index contributed by atoms with van der Waals surface area (Å²) in [7, 11) is 0.